The third kappa shape index (κ3) is 6.63. The van der Waals surface area contributed by atoms with Crippen LogP contribution in [0.4, 0.5) is 5.69 Å². The number of carboxylic acids is 1. The van der Waals surface area contributed by atoms with Gasteiger partial charge in [-0.1, -0.05) is 55.2 Å². The Balaban J connectivity index is 1.85. The maximum Gasteiger partial charge on any atom is 0.352 e. The fourth-order valence-corrected chi connectivity index (χ4v) is 3.91. The molecule has 0 aliphatic carbocycles. The Bertz CT molecular complexity index is 1090. The molecule has 2 aromatic rings. The molecule has 2 aromatic carbocycles. The number of hydrogen-bond donors (Lipinski definition) is 2. The molecule has 0 radical (unpaired) electrons. The number of benzene rings is 2. The highest BCUT2D eigenvalue weighted by Gasteiger charge is 2.19. The number of aliphatic carboxylic acids is 1. The van der Waals surface area contributed by atoms with E-state index in [0.717, 1.165) is 30.8 Å². The first-order chi connectivity index (χ1) is 15.9. The summed E-state index contributed by atoms with van der Waals surface area (Å²) in [5.74, 6) is -0.619. The van der Waals surface area contributed by atoms with E-state index in [2.05, 4.69) is 34.3 Å². The number of carbonyl (C=O) groups is 1. The second-order valence-electron chi connectivity index (χ2n) is 7.47. The Morgan fingerprint density at radius 1 is 1.15 bits per heavy atom. The van der Waals surface area contributed by atoms with Gasteiger partial charge < -0.3 is 10.0 Å². The van der Waals surface area contributed by atoms with Gasteiger partial charge in [0.15, 0.2) is 0 Å². The van der Waals surface area contributed by atoms with Crippen LogP contribution in [-0.2, 0) is 4.79 Å². The Kier molecular flexibility index (Phi) is 9.00. The lowest BCUT2D eigenvalue weighted by Gasteiger charge is -2.17. The molecule has 1 aliphatic heterocycles. The molecule has 0 spiro atoms. The summed E-state index contributed by atoms with van der Waals surface area (Å²) in [6.07, 6.45) is 1.06. The number of hydrazone groups is 1. The molecule has 2 N–H and O–H groups in total. The molecule has 174 valence electrons. The van der Waals surface area contributed by atoms with Crippen molar-refractivity contribution in [3.63, 3.8) is 0 Å². The van der Waals surface area contributed by atoms with E-state index in [1.807, 2.05) is 18.2 Å². The van der Waals surface area contributed by atoms with Crippen molar-refractivity contribution < 1.29 is 9.90 Å². The zero-order chi connectivity index (χ0) is 23.8. The number of fused-ring (bicyclic) bond motifs is 1. The Morgan fingerprint density at radius 2 is 1.91 bits per heavy atom. The van der Waals surface area contributed by atoms with Crippen LogP contribution < -0.4 is 5.43 Å². The first-order valence-corrected chi connectivity index (χ1v) is 11.6. The zero-order valence-electron chi connectivity index (χ0n) is 18.7. The fraction of sp³-hybridized carbons (Fsp3) is 0.333. The number of carboxylic acid groups (broad SMARTS) is 1. The Hall–Kier alpha value is -2.74. The van der Waals surface area contributed by atoms with Crippen molar-refractivity contribution in [1.82, 2.24) is 10.3 Å². The lowest BCUT2D eigenvalue weighted by atomic mass is 10.0. The quantitative estimate of drug-likeness (QED) is 0.383. The molecule has 0 unspecified atom stereocenters. The zero-order valence-corrected chi connectivity index (χ0v) is 20.2. The standard InChI is InChI=1S/C24H27Cl2N5O2/c1-3-31(4-2)13-7-10-21(24(32)33)29-30-22-15-27-23(17-8-5-6-9-19(17)26)18-14-16(25)11-12-20(18)28-22/h5-6,8-9,11-12,14H,3-4,7,10,13,15H2,1-2H3,(H,28,30)(H,32,33). The van der Waals surface area contributed by atoms with Crippen molar-refractivity contribution in [3.05, 3.63) is 63.6 Å². The van der Waals surface area contributed by atoms with Crippen LogP contribution in [0.5, 0.6) is 0 Å². The largest absolute Gasteiger partial charge is 0.477 e. The smallest absolute Gasteiger partial charge is 0.352 e. The van der Waals surface area contributed by atoms with Crippen LogP contribution in [0.2, 0.25) is 10.0 Å². The average molecular weight is 488 g/mol. The SMILES string of the molecule is CCN(CC)CCCC(=NNC1=Nc2ccc(Cl)cc2C(c2ccccc2Cl)=NC1)C(=O)O. The third-order valence-electron chi connectivity index (χ3n) is 5.33. The summed E-state index contributed by atoms with van der Waals surface area (Å²) in [6.45, 7) is 7.04. The van der Waals surface area contributed by atoms with Gasteiger partial charge in [-0.2, -0.15) is 5.10 Å². The highest BCUT2D eigenvalue weighted by atomic mass is 35.5. The molecule has 0 saturated carbocycles. The monoisotopic (exact) mass is 487 g/mol. The predicted octanol–water partition coefficient (Wildman–Crippen LogP) is 5.03. The highest BCUT2D eigenvalue weighted by Crippen LogP contribution is 2.30. The van der Waals surface area contributed by atoms with Crippen molar-refractivity contribution in [2.75, 3.05) is 26.2 Å². The number of nitrogens with one attached hydrogen (secondary N) is 1. The molecule has 7 nitrogen and oxygen atoms in total. The number of halogens is 2. The minimum atomic E-state index is -1.05. The maximum absolute atomic E-state index is 11.7. The van der Waals surface area contributed by atoms with E-state index in [4.69, 9.17) is 28.2 Å². The lowest BCUT2D eigenvalue weighted by Crippen LogP contribution is -2.27. The van der Waals surface area contributed by atoms with Gasteiger partial charge in [0.05, 0.1) is 17.9 Å². The second kappa shape index (κ2) is 11.9. The van der Waals surface area contributed by atoms with Gasteiger partial charge in [0.25, 0.3) is 0 Å². The van der Waals surface area contributed by atoms with Crippen molar-refractivity contribution in [2.45, 2.75) is 26.7 Å². The first-order valence-electron chi connectivity index (χ1n) is 10.9. The third-order valence-corrected chi connectivity index (χ3v) is 5.90. The first kappa shape index (κ1) is 24.9. The minimum absolute atomic E-state index is 0.0562. The number of hydrogen-bond acceptors (Lipinski definition) is 6. The number of amidine groups is 1. The number of rotatable bonds is 9. The minimum Gasteiger partial charge on any atom is -0.477 e. The Labute approximate surface area is 203 Å². The highest BCUT2D eigenvalue weighted by molar-refractivity contribution is 6.37. The lowest BCUT2D eigenvalue weighted by molar-refractivity contribution is -0.129. The predicted molar refractivity (Wildman–Crippen MR) is 136 cm³/mol. The van der Waals surface area contributed by atoms with Crippen LogP contribution in [0.15, 0.2) is 57.6 Å². The van der Waals surface area contributed by atoms with E-state index in [0.29, 0.717) is 40.1 Å². The van der Waals surface area contributed by atoms with E-state index in [-0.39, 0.29) is 12.3 Å². The molecule has 0 amide bonds. The summed E-state index contributed by atoms with van der Waals surface area (Å²) in [6, 6.07) is 12.8. The van der Waals surface area contributed by atoms with Crippen LogP contribution in [-0.4, -0.2) is 59.4 Å². The van der Waals surface area contributed by atoms with Gasteiger partial charge in [-0.25, -0.2) is 9.79 Å². The second-order valence-corrected chi connectivity index (χ2v) is 8.31. The molecule has 3 rings (SSSR count). The van der Waals surface area contributed by atoms with Gasteiger partial charge in [0, 0.05) is 27.6 Å². The van der Waals surface area contributed by atoms with E-state index in [9.17, 15) is 9.90 Å². The van der Waals surface area contributed by atoms with E-state index < -0.39 is 5.97 Å². The fourth-order valence-electron chi connectivity index (χ4n) is 3.51. The van der Waals surface area contributed by atoms with Crippen LogP contribution in [0.25, 0.3) is 0 Å². The molecule has 1 aliphatic rings. The molecular formula is C24H27Cl2N5O2. The van der Waals surface area contributed by atoms with E-state index in [1.54, 1.807) is 24.3 Å². The molecule has 0 fully saturated rings. The Morgan fingerprint density at radius 3 is 2.61 bits per heavy atom. The summed E-state index contributed by atoms with van der Waals surface area (Å²) >= 11 is 12.7. The summed E-state index contributed by atoms with van der Waals surface area (Å²) < 4.78 is 0. The van der Waals surface area contributed by atoms with Crippen LogP contribution in [0, 0.1) is 0 Å². The van der Waals surface area contributed by atoms with Crippen LogP contribution in [0.3, 0.4) is 0 Å². The van der Waals surface area contributed by atoms with E-state index >= 15 is 0 Å². The summed E-state index contributed by atoms with van der Waals surface area (Å²) in [5, 5.41) is 14.8. The molecule has 0 saturated heterocycles. The molecule has 0 atom stereocenters. The topological polar surface area (TPSA) is 89.6 Å². The summed E-state index contributed by atoms with van der Waals surface area (Å²) in [5.41, 5.74) is 5.70. The van der Waals surface area contributed by atoms with Crippen molar-refractivity contribution in [1.29, 1.82) is 0 Å². The number of aliphatic imine (C=N–C) groups is 2. The van der Waals surface area contributed by atoms with Gasteiger partial charge in [-0.3, -0.25) is 10.4 Å². The molecular weight excluding hydrogens is 461 g/mol. The molecule has 0 bridgehead atoms. The van der Waals surface area contributed by atoms with E-state index in [1.165, 1.54) is 0 Å². The van der Waals surface area contributed by atoms with Gasteiger partial charge in [-0.15, -0.1) is 0 Å². The normalized spacial score (nSPS) is 13.8. The van der Waals surface area contributed by atoms with Gasteiger partial charge in [0.2, 0.25) is 0 Å². The summed E-state index contributed by atoms with van der Waals surface area (Å²) in [4.78, 5) is 23.3. The number of nitrogens with zero attached hydrogens (tertiary/aromatic N) is 4. The van der Waals surface area contributed by atoms with Gasteiger partial charge >= 0.3 is 5.97 Å². The summed E-state index contributed by atoms with van der Waals surface area (Å²) in [7, 11) is 0. The van der Waals surface area contributed by atoms with Crippen LogP contribution in [0.1, 0.15) is 37.8 Å². The average Bonchev–Trinajstić information content (AvgIpc) is 2.98. The van der Waals surface area contributed by atoms with Crippen molar-refractivity contribution >= 4 is 52.1 Å². The molecule has 9 heteroatoms. The van der Waals surface area contributed by atoms with Crippen molar-refractivity contribution in [3.8, 4) is 0 Å². The molecule has 1 heterocycles. The molecule has 33 heavy (non-hydrogen) atoms. The van der Waals surface area contributed by atoms with Gasteiger partial charge in [0.1, 0.15) is 11.5 Å². The van der Waals surface area contributed by atoms with Crippen molar-refractivity contribution in [2.24, 2.45) is 15.1 Å². The van der Waals surface area contributed by atoms with Crippen LogP contribution >= 0.6 is 23.2 Å². The maximum atomic E-state index is 11.7. The van der Waals surface area contributed by atoms with Gasteiger partial charge in [-0.05, 0) is 50.3 Å². The molecule has 0 aromatic heterocycles.